The van der Waals surface area contributed by atoms with Crippen molar-refractivity contribution >= 4 is 6.29 Å². The van der Waals surface area contributed by atoms with E-state index in [0.717, 1.165) is 28.9 Å². The largest absolute Gasteiger partial charge is 0.303 e. The van der Waals surface area contributed by atoms with Crippen molar-refractivity contribution < 1.29 is 4.79 Å². The fraction of sp³-hybridized carbons (Fsp3) is 0.231. The third-order valence-electron chi connectivity index (χ3n) is 2.87. The summed E-state index contributed by atoms with van der Waals surface area (Å²) in [4.78, 5) is 14.9. The summed E-state index contributed by atoms with van der Waals surface area (Å²) in [7, 11) is 0. The van der Waals surface area contributed by atoms with Crippen LogP contribution >= 0.6 is 0 Å². The second kappa shape index (κ2) is 3.93. The van der Waals surface area contributed by atoms with Crippen molar-refractivity contribution in [3.05, 3.63) is 47.0 Å². The number of carbonyl (C=O) groups excluding carboxylic acids is 1. The Morgan fingerprint density at radius 3 is 2.50 bits per heavy atom. The molecule has 0 saturated carbocycles. The Kier molecular flexibility index (Phi) is 2.60. The fourth-order valence-corrected chi connectivity index (χ4v) is 1.76. The molecule has 0 saturated heterocycles. The Hall–Kier alpha value is -1.90. The predicted octanol–water partition coefficient (Wildman–Crippen LogP) is 2.61. The van der Waals surface area contributed by atoms with Crippen LogP contribution in [0.5, 0.6) is 0 Å². The quantitative estimate of drug-likeness (QED) is 0.720. The molecule has 0 unspecified atom stereocenters. The molecule has 0 N–H and O–H groups in total. The van der Waals surface area contributed by atoms with Gasteiger partial charge in [-0.25, -0.2) is 4.98 Å². The van der Waals surface area contributed by atoms with Crippen molar-refractivity contribution in [2.75, 3.05) is 0 Å². The van der Waals surface area contributed by atoms with E-state index in [0.29, 0.717) is 5.56 Å². The fourth-order valence-electron chi connectivity index (χ4n) is 1.76. The van der Waals surface area contributed by atoms with E-state index < -0.39 is 0 Å². The standard InChI is InChI=1S/C13H14N2O/c1-9-6-12(7-16)4-5-13(9)15-8-14-10(2)11(15)3/h4-8H,1-3H3. The Morgan fingerprint density at radius 1 is 1.25 bits per heavy atom. The number of aldehydes is 1. The summed E-state index contributed by atoms with van der Waals surface area (Å²) >= 11 is 0. The van der Waals surface area contributed by atoms with Gasteiger partial charge in [0.25, 0.3) is 0 Å². The zero-order valence-electron chi connectivity index (χ0n) is 9.69. The van der Waals surface area contributed by atoms with Crippen LogP contribution < -0.4 is 0 Å². The highest BCUT2D eigenvalue weighted by molar-refractivity contribution is 5.76. The van der Waals surface area contributed by atoms with E-state index in [4.69, 9.17) is 0 Å². The Morgan fingerprint density at radius 2 is 2.00 bits per heavy atom. The molecule has 3 nitrogen and oxygen atoms in total. The van der Waals surface area contributed by atoms with Gasteiger partial charge in [0.15, 0.2) is 0 Å². The number of hydrogen-bond donors (Lipinski definition) is 0. The van der Waals surface area contributed by atoms with E-state index >= 15 is 0 Å². The zero-order valence-corrected chi connectivity index (χ0v) is 9.69. The van der Waals surface area contributed by atoms with Gasteiger partial charge in [-0.15, -0.1) is 0 Å². The van der Waals surface area contributed by atoms with Crippen LogP contribution in [0.4, 0.5) is 0 Å². The lowest BCUT2D eigenvalue weighted by atomic mass is 10.1. The number of aromatic nitrogens is 2. The van der Waals surface area contributed by atoms with Gasteiger partial charge in [-0.1, -0.05) is 0 Å². The van der Waals surface area contributed by atoms with Gasteiger partial charge >= 0.3 is 0 Å². The second-order valence-corrected chi connectivity index (χ2v) is 3.95. The highest BCUT2D eigenvalue weighted by atomic mass is 16.1. The summed E-state index contributed by atoms with van der Waals surface area (Å²) in [6.07, 6.45) is 2.68. The lowest BCUT2D eigenvalue weighted by Crippen LogP contribution is -1.99. The molecule has 1 aromatic carbocycles. The van der Waals surface area contributed by atoms with Gasteiger partial charge in [0.1, 0.15) is 6.29 Å². The first-order valence-electron chi connectivity index (χ1n) is 5.20. The maximum Gasteiger partial charge on any atom is 0.150 e. The molecule has 0 bridgehead atoms. The van der Waals surface area contributed by atoms with Crippen LogP contribution in [0.15, 0.2) is 24.5 Å². The smallest absolute Gasteiger partial charge is 0.150 e. The topological polar surface area (TPSA) is 34.9 Å². The lowest BCUT2D eigenvalue weighted by Gasteiger charge is -2.09. The average Bonchev–Trinajstić information content (AvgIpc) is 2.60. The van der Waals surface area contributed by atoms with Crippen LogP contribution in [0.3, 0.4) is 0 Å². The third-order valence-corrected chi connectivity index (χ3v) is 2.87. The first-order valence-corrected chi connectivity index (χ1v) is 5.20. The second-order valence-electron chi connectivity index (χ2n) is 3.95. The van der Waals surface area contributed by atoms with Gasteiger partial charge in [0.05, 0.1) is 12.0 Å². The SMILES string of the molecule is Cc1cc(C=O)ccc1-n1cnc(C)c1C. The van der Waals surface area contributed by atoms with Crippen molar-refractivity contribution in [1.29, 1.82) is 0 Å². The minimum absolute atomic E-state index is 0.704. The highest BCUT2D eigenvalue weighted by Gasteiger charge is 2.07. The Bertz CT molecular complexity index is 541. The molecule has 0 radical (unpaired) electrons. The molecule has 16 heavy (non-hydrogen) atoms. The number of aryl methyl sites for hydroxylation is 2. The van der Waals surface area contributed by atoms with Crippen LogP contribution in [-0.2, 0) is 0 Å². The van der Waals surface area contributed by atoms with E-state index in [1.807, 2.05) is 49.9 Å². The van der Waals surface area contributed by atoms with Gasteiger partial charge in [0.2, 0.25) is 0 Å². The first kappa shape index (κ1) is 10.6. The zero-order chi connectivity index (χ0) is 11.7. The van der Waals surface area contributed by atoms with Gasteiger partial charge < -0.3 is 4.57 Å². The van der Waals surface area contributed by atoms with Crippen molar-refractivity contribution in [3.63, 3.8) is 0 Å². The molecule has 3 heteroatoms. The molecule has 1 aromatic heterocycles. The van der Waals surface area contributed by atoms with Crippen molar-refractivity contribution in [2.45, 2.75) is 20.8 Å². The molecule has 2 aromatic rings. The van der Waals surface area contributed by atoms with Crippen molar-refractivity contribution in [1.82, 2.24) is 9.55 Å². The summed E-state index contributed by atoms with van der Waals surface area (Å²) in [6.45, 7) is 6.02. The number of hydrogen-bond acceptors (Lipinski definition) is 2. The van der Waals surface area contributed by atoms with Crippen LogP contribution in [0, 0.1) is 20.8 Å². The number of benzene rings is 1. The minimum Gasteiger partial charge on any atom is -0.303 e. The van der Waals surface area contributed by atoms with E-state index in [-0.39, 0.29) is 0 Å². The van der Waals surface area contributed by atoms with E-state index in [1.54, 1.807) is 0 Å². The number of nitrogens with zero attached hydrogens (tertiary/aromatic N) is 2. The summed E-state index contributed by atoms with van der Waals surface area (Å²) in [5, 5.41) is 0. The maximum absolute atomic E-state index is 10.7. The van der Waals surface area contributed by atoms with Crippen LogP contribution in [0.1, 0.15) is 27.3 Å². The van der Waals surface area contributed by atoms with Crippen LogP contribution in [0.25, 0.3) is 5.69 Å². The molecule has 2 rings (SSSR count). The molecular weight excluding hydrogens is 200 g/mol. The highest BCUT2D eigenvalue weighted by Crippen LogP contribution is 2.18. The molecule has 0 aliphatic rings. The van der Waals surface area contributed by atoms with Crippen molar-refractivity contribution in [3.8, 4) is 5.69 Å². The number of imidazole rings is 1. The number of rotatable bonds is 2. The lowest BCUT2D eigenvalue weighted by molar-refractivity contribution is 0.112. The van der Waals surface area contributed by atoms with Gasteiger partial charge in [-0.2, -0.15) is 0 Å². The molecule has 0 atom stereocenters. The van der Waals surface area contributed by atoms with Gasteiger partial charge in [-0.3, -0.25) is 4.79 Å². The molecule has 82 valence electrons. The van der Waals surface area contributed by atoms with Crippen molar-refractivity contribution in [2.24, 2.45) is 0 Å². The molecule has 0 aliphatic carbocycles. The first-order chi connectivity index (χ1) is 7.63. The molecule has 0 fully saturated rings. The maximum atomic E-state index is 10.7. The summed E-state index contributed by atoms with van der Waals surface area (Å²) in [5.41, 5.74) is 5.00. The third kappa shape index (κ3) is 1.65. The summed E-state index contributed by atoms with van der Waals surface area (Å²) < 4.78 is 2.04. The van der Waals surface area contributed by atoms with Gasteiger partial charge in [0, 0.05) is 16.9 Å². The monoisotopic (exact) mass is 214 g/mol. The van der Waals surface area contributed by atoms with E-state index in [9.17, 15) is 4.79 Å². The van der Waals surface area contributed by atoms with E-state index in [1.165, 1.54) is 0 Å². The molecular formula is C13H14N2O. The predicted molar refractivity (Wildman–Crippen MR) is 63.2 cm³/mol. The normalized spacial score (nSPS) is 10.4. The molecule has 0 aliphatic heterocycles. The molecule has 1 heterocycles. The molecule has 0 spiro atoms. The van der Waals surface area contributed by atoms with Crippen LogP contribution in [-0.4, -0.2) is 15.8 Å². The van der Waals surface area contributed by atoms with Gasteiger partial charge in [-0.05, 0) is 44.5 Å². The number of carbonyl (C=O) groups is 1. The Balaban J connectivity index is 2.56. The summed E-state index contributed by atoms with van der Waals surface area (Å²) in [5.74, 6) is 0. The molecule has 0 amide bonds. The van der Waals surface area contributed by atoms with E-state index in [2.05, 4.69) is 4.98 Å². The average molecular weight is 214 g/mol. The Labute approximate surface area is 94.7 Å². The van der Waals surface area contributed by atoms with Crippen LogP contribution in [0.2, 0.25) is 0 Å². The minimum atomic E-state index is 0.704. The summed E-state index contributed by atoms with van der Waals surface area (Å²) in [6, 6.07) is 5.66.